The van der Waals surface area contributed by atoms with Gasteiger partial charge in [0.05, 0.1) is 11.4 Å². The van der Waals surface area contributed by atoms with E-state index in [0.717, 1.165) is 49.6 Å². The fraction of sp³-hybridized carbons (Fsp3) is 0.556. The van der Waals surface area contributed by atoms with Gasteiger partial charge in [-0.05, 0) is 49.9 Å². The van der Waals surface area contributed by atoms with E-state index in [9.17, 15) is 9.59 Å². The van der Waals surface area contributed by atoms with Crippen molar-refractivity contribution in [3.63, 3.8) is 0 Å². The molecule has 3 aliphatic heterocycles. The second kappa shape index (κ2) is 6.76. The monoisotopic (exact) mass is 345 g/mol. The summed E-state index contributed by atoms with van der Waals surface area (Å²) in [7, 11) is 0. The first kappa shape index (κ1) is 16.0. The van der Waals surface area contributed by atoms with Gasteiger partial charge in [-0.15, -0.1) is 11.8 Å². The Hall–Kier alpha value is -1.53. The van der Waals surface area contributed by atoms with Crippen LogP contribution in [0.4, 0.5) is 5.69 Å². The standard InChI is InChI=1S/C18H23N3O2S/c22-17(20-7-5-13-9-19-10-14(13)6-8-20)11-21-15-3-1-2-4-16(15)24-12-18(21)23/h1-4,13-14,19H,5-12H2/t13-,14+. The Morgan fingerprint density at radius 1 is 1.17 bits per heavy atom. The van der Waals surface area contributed by atoms with E-state index in [0.29, 0.717) is 17.6 Å². The lowest BCUT2D eigenvalue weighted by atomic mass is 9.92. The topological polar surface area (TPSA) is 52.7 Å². The molecule has 0 unspecified atom stereocenters. The molecule has 2 amide bonds. The summed E-state index contributed by atoms with van der Waals surface area (Å²) in [5.41, 5.74) is 0.878. The highest BCUT2D eigenvalue weighted by atomic mass is 32.2. The molecule has 0 aromatic heterocycles. The number of likely N-dealkylation sites (tertiary alicyclic amines) is 1. The van der Waals surface area contributed by atoms with Gasteiger partial charge in [-0.3, -0.25) is 9.59 Å². The van der Waals surface area contributed by atoms with Crippen molar-refractivity contribution in [1.82, 2.24) is 10.2 Å². The molecule has 5 nitrogen and oxygen atoms in total. The molecule has 0 radical (unpaired) electrons. The molecule has 2 saturated heterocycles. The molecule has 128 valence electrons. The van der Waals surface area contributed by atoms with Crippen molar-refractivity contribution in [3.05, 3.63) is 24.3 Å². The molecular weight excluding hydrogens is 322 g/mol. The second-order valence-corrected chi connectivity index (χ2v) is 7.89. The van der Waals surface area contributed by atoms with E-state index >= 15 is 0 Å². The molecule has 0 spiro atoms. The Bertz CT molecular complexity index is 637. The smallest absolute Gasteiger partial charge is 0.242 e. The van der Waals surface area contributed by atoms with E-state index < -0.39 is 0 Å². The highest BCUT2D eigenvalue weighted by Gasteiger charge is 2.33. The maximum Gasteiger partial charge on any atom is 0.242 e. The van der Waals surface area contributed by atoms with Crippen LogP contribution in [0, 0.1) is 11.8 Å². The van der Waals surface area contributed by atoms with E-state index in [4.69, 9.17) is 0 Å². The normalized spacial score (nSPS) is 26.8. The molecule has 6 heteroatoms. The summed E-state index contributed by atoms with van der Waals surface area (Å²) >= 11 is 1.55. The maximum atomic E-state index is 12.8. The molecule has 24 heavy (non-hydrogen) atoms. The maximum absolute atomic E-state index is 12.8. The number of nitrogens with zero attached hydrogens (tertiary/aromatic N) is 2. The SMILES string of the molecule is O=C(CN1C(=O)CSc2ccccc21)N1CC[C@@H]2CNC[C@@H]2CC1. The third kappa shape index (κ3) is 3.05. The van der Waals surface area contributed by atoms with Crippen LogP contribution in [0.1, 0.15) is 12.8 Å². The number of rotatable bonds is 2. The number of thioether (sulfide) groups is 1. The number of fused-ring (bicyclic) bond motifs is 2. The van der Waals surface area contributed by atoms with Gasteiger partial charge in [-0.2, -0.15) is 0 Å². The van der Waals surface area contributed by atoms with E-state index in [2.05, 4.69) is 5.32 Å². The Morgan fingerprint density at radius 3 is 2.62 bits per heavy atom. The van der Waals surface area contributed by atoms with Crippen LogP contribution in [0.15, 0.2) is 29.2 Å². The largest absolute Gasteiger partial charge is 0.341 e. The minimum absolute atomic E-state index is 0.0305. The molecule has 0 bridgehead atoms. The van der Waals surface area contributed by atoms with Crippen LogP contribution in [-0.4, -0.2) is 55.2 Å². The molecule has 3 heterocycles. The first-order valence-electron chi connectivity index (χ1n) is 8.73. The van der Waals surface area contributed by atoms with Crippen LogP contribution in [0.3, 0.4) is 0 Å². The van der Waals surface area contributed by atoms with Gasteiger partial charge >= 0.3 is 0 Å². The van der Waals surface area contributed by atoms with Crippen molar-refractivity contribution in [2.24, 2.45) is 11.8 Å². The summed E-state index contributed by atoms with van der Waals surface area (Å²) in [5.74, 6) is 1.94. The van der Waals surface area contributed by atoms with Gasteiger partial charge in [0.15, 0.2) is 0 Å². The molecule has 4 rings (SSSR count). The molecule has 3 aliphatic rings. The minimum Gasteiger partial charge on any atom is -0.341 e. The lowest BCUT2D eigenvalue weighted by Gasteiger charge is -2.30. The third-order valence-corrected chi connectivity index (χ3v) is 6.52. The van der Waals surface area contributed by atoms with E-state index in [1.54, 1.807) is 16.7 Å². The van der Waals surface area contributed by atoms with Crippen molar-refractivity contribution >= 4 is 29.3 Å². The van der Waals surface area contributed by atoms with Crippen molar-refractivity contribution in [2.75, 3.05) is 43.4 Å². The predicted octanol–water partition coefficient (Wildman–Crippen LogP) is 1.58. The summed E-state index contributed by atoms with van der Waals surface area (Å²) in [6, 6.07) is 7.86. The van der Waals surface area contributed by atoms with Crippen LogP contribution in [0.25, 0.3) is 0 Å². The Labute approximate surface area is 146 Å². The molecule has 1 N–H and O–H groups in total. The van der Waals surface area contributed by atoms with Crippen LogP contribution in [0.5, 0.6) is 0 Å². The van der Waals surface area contributed by atoms with Gasteiger partial charge in [0, 0.05) is 18.0 Å². The van der Waals surface area contributed by atoms with Gasteiger partial charge in [-0.1, -0.05) is 12.1 Å². The number of amides is 2. The Balaban J connectivity index is 1.45. The molecule has 0 saturated carbocycles. The summed E-state index contributed by atoms with van der Waals surface area (Å²) < 4.78 is 0. The van der Waals surface area contributed by atoms with Crippen LogP contribution < -0.4 is 10.2 Å². The molecular formula is C18H23N3O2S. The number of anilines is 1. The summed E-state index contributed by atoms with van der Waals surface area (Å²) in [6.45, 7) is 3.98. The number of hydrogen-bond donors (Lipinski definition) is 1. The van der Waals surface area contributed by atoms with Crippen LogP contribution in [-0.2, 0) is 9.59 Å². The lowest BCUT2D eigenvalue weighted by Crippen LogP contribution is -2.45. The Morgan fingerprint density at radius 2 is 1.88 bits per heavy atom. The van der Waals surface area contributed by atoms with Gasteiger partial charge in [-0.25, -0.2) is 0 Å². The van der Waals surface area contributed by atoms with Gasteiger partial charge in [0.25, 0.3) is 0 Å². The fourth-order valence-corrected chi connectivity index (χ4v) is 4.97. The quantitative estimate of drug-likeness (QED) is 0.884. The van der Waals surface area contributed by atoms with Crippen molar-refractivity contribution in [2.45, 2.75) is 17.7 Å². The fourth-order valence-electron chi connectivity index (χ4n) is 4.03. The summed E-state index contributed by atoms with van der Waals surface area (Å²) in [4.78, 5) is 29.9. The second-order valence-electron chi connectivity index (χ2n) is 6.87. The zero-order valence-corrected chi connectivity index (χ0v) is 14.6. The zero-order chi connectivity index (χ0) is 16.5. The average molecular weight is 345 g/mol. The van der Waals surface area contributed by atoms with Crippen LogP contribution in [0.2, 0.25) is 0 Å². The van der Waals surface area contributed by atoms with Crippen LogP contribution >= 0.6 is 11.8 Å². The number of nitrogens with one attached hydrogen (secondary N) is 1. The molecule has 2 atom stereocenters. The van der Waals surface area contributed by atoms with Gasteiger partial charge < -0.3 is 15.1 Å². The van der Waals surface area contributed by atoms with Gasteiger partial charge in [0.2, 0.25) is 11.8 Å². The molecule has 1 aromatic rings. The van der Waals surface area contributed by atoms with E-state index in [1.807, 2.05) is 29.2 Å². The first-order chi connectivity index (χ1) is 11.7. The van der Waals surface area contributed by atoms with Crippen molar-refractivity contribution < 1.29 is 9.59 Å². The highest BCUT2D eigenvalue weighted by Crippen LogP contribution is 2.35. The minimum atomic E-state index is 0.0305. The molecule has 0 aliphatic carbocycles. The molecule has 1 aromatic carbocycles. The number of carbonyl (C=O) groups excluding carboxylic acids is 2. The van der Waals surface area contributed by atoms with E-state index in [1.165, 1.54) is 0 Å². The number of para-hydroxylation sites is 1. The lowest BCUT2D eigenvalue weighted by molar-refractivity contribution is -0.131. The van der Waals surface area contributed by atoms with Crippen molar-refractivity contribution in [1.29, 1.82) is 0 Å². The van der Waals surface area contributed by atoms with E-state index in [-0.39, 0.29) is 18.4 Å². The van der Waals surface area contributed by atoms with Gasteiger partial charge in [0.1, 0.15) is 6.54 Å². The number of hydrogen-bond acceptors (Lipinski definition) is 4. The zero-order valence-electron chi connectivity index (χ0n) is 13.7. The highest BCUT2D eigenvalue weighted by molar-refractivity contribution is 8.00. The molecule has 2 fully saturated rings. The van der Waals surface area contributed by atoms with Crippen molar-refractivity contribution in [3.8, 4) is 0 Å². The Kier molecular flexibility index (Phi) is 4.50. The number of carbonyl (C=O) groups is 2. The summed E-state index contributed by atoms with van der Waals surface area (Å²) in [5, 5.41) is 3.46. The summed E-state index contributed by atoms with van der Waals surface area (Å²) in [6.07, 6.45) is 2.15. The number of benzene rings is 1. The third-order valence-electron chi connectivity index (χ3n) is 5.47. The predicted molar refractivity (Wildman–Crippen MR) is 95.2 cm³/mol. The first-order valence-corrected chi connectivity index (χ1v) is 9.71. The average Bonchev–Trinajstić information content (AvgIpc) is 2.95.